The molecule has 2 aromatic carbocycles. The molecule has 1 aliphatic rings. The quantitative estimate of drug-likeness (QED) is 0.0682. The first-order valence-electron chi connectivity index (χ1n) is 13.2. The lowest BCUT2D eigenvalue weighted by Crippen LogP contribution is -2.32. The summed E-state index contributed by atoms with van der Waals surface area (Å²) in [6, 6.07) is 17.2. The topological polar surface area (TPSA) is 212 Å². The zero-order valence-electron chi connectivity index (χ0n) is 23.5. The van der Waals surface area contributed by atoms with Gasteiger partial charge in [-0.25, -0.2) is 19.2 Å². The average Bonchev–Trinajstić information content (AvgIpc) is 3.32. The molecule has 0 radical (unpaired) electrons. The van der Waals surface area contributed by atoms with Gasteiger partial charge in [0, 0.05) is 13.1 Å². The maximum absolute atomic E-state index is 11.4. The number of hydrogen-bond donors (Lipinski definition) is 5. The minimum absolute atomic E-state index is 0.206. The van der Waals surface area contributed by atoms with Crippen molar-refractivity contribution in [2.24, 2.45) is 5.73 Å². The van der Waals surface area contributed by atoms with Crippen LogP contribution in [0.4, 0.5) is 19.2 Å². The van der Waals surface area contributed by atoms with Crippen LogP contribution in [0.15, 0.2) is 60.7 Å². The van der Waals surface area contributed by atoms with E-state index in [0.717, 1.165) is 11.1 Å². The van der Waals surface area contributed by atoms with E-state index in [9.17, 15) is 24.0 Å². The van der Waals surface area contributed by atoms with Gasteiger partial charge in [-0.1, -0.05) is 60.7 Å². The predicted molar refractivity (Wildman–Crippen MR) is 159 cm³/mol. The number of rotatable bonds is 13. The maximum Gasteiger partial charge on any atom is 0.415 e. The first-order valence-corrected chi connectivity index (χ1v) is 14.0. The molecule has 16 heteroatoms. The lowest BCUT2D eigenvalue weighted by Gasteiger charge is -2.08. The molecule has 0 saturated carbocycles. The molecular formula is C28H34Cl2N4O10. The van der Waals surface area contributed by atoms with Crippen LogP contribution >= 0.6 is 23.2 Å². The highest BCUT2D eigenvalue weighted by Crippen LogP contribution is 2.06. The Hall–Kier alpha value is -4.40. The summed E-state index contributed by atoms with van der Waals surface area (Å²) in [5, 5.41) is 16.1. The Labute approximate surface area is 263 Å². The number of carbonyl (C=O) groups is 6. The number of alkyl carbamates (subject to hydrolysis) is 3. The highest BCUT2D eigenvalue weighted by atomic mass is 35.5. The fraction of sp³-hybridized carbons (Fsp3) is 0.357. The molecule has 3 amide bonds. The zero-order chi connectivity index (χ0) is 32.7. The van der Waals surface area contributed by atoms with Gasteiger partial charge in [0.25, 0.3) is 0 Å². The molecule has 2 atom stereocenters. The Bertz CT molecular complexity index is 1200. The molecule has 0 unspecified atom stereocenters. The largest absolute Gasteiger partial charge is 0.480 e. The van der Waals surface area contributed by atoms with E-state index in [4.69, 9.17) is 25.1 Å². The Morgan fingerprint density at radius 3 is 1.73 bits per heavy atom. The number of cyclic esters (lactones) is 2. The fourth-order valence-electron chi connectivity index (χ4n) is 3.26. The molecule has 3 rings (SSSR count). The summed E-state index contributed by atoms with van der Waals surface area (Å²) in [5.74, 6) is -1.61. The van der Waals surface area contributed by atoms with Gasteiger partial charge < -0.3 is 41.0 Å². The number of nitrogens with two attached hydrogens (primary N) is 1. The second-order valence-corrected chi connectivity index (χ2v) is 9.72. The maximum atomic E-state index is 11.4. The third-order valence-corrected chi connectivity index (χ3v) is 5.41. The first kappa shape index (κ1) is 37.6. The van der Waals surface area contributed by atoms with Crippen LogP contribution in [-0.2, 0) is 37.0 Å². The summed E-state index contributed by atoms with van der Waals surface area (Å²) in [6.07, 6.45) is -0.0171. The lowest BCUT2D eigenvalue weighted by molar-refractivity contribution is -0.138. The van der Waals surface area contributed by atoms with Crippen LogP contribution in [0.25, 0.3) is 0 Å². The van der Waals surface area contributed by atoms with Gasteiger partial charge in [-0.2, -0.15) is 0 Å². The van der Waals surface area contributed by atoms with Crippen LogP contribution in [0.3, 0.4) is 0 Å². The summed E-state index contributed by atoms with van der Waals surface area (Å²) in [4.78, 5) is 64.1. The van der Waals surface area contributed by atoms with Crippen molar-refractivity contribution in [1.29, 1.82) is 0 Å². The number of nitrogens with one attached hydrogen (secondary N) is 3. The minimum Gasteiger partial charge on any atom is -0.480 e. The Morgan fingerprint density at radius 1 is 0.864 bits per heavy atom. The van der Waals surface area contributed by atoms with E-state index in [0.29, 0.717) is 38.8 Å². The Morgan fingerprint density at radius 2 is 1.32 bits per heavy atom. The van der Waals surface area contributed by atoms with E-state index in [1.54, 1.807) is 0 Å². The van der Waals surface area contributed by atoms with Gasteiger partial charge in [-0.15, -0.1) is 0 Å². The molecule has 6 N–H and O–H groups in total. The minimum atomic E-state index is -1.04. The van der Waals surface area contributed by atoms with Gasteiger partial charge in [0.15, 0.2) is 0 Å². The SMILES string of the molecule is N[C@@H](CCCNC(=O)OCc1ccccc1)C(=O)O.O=C(Cl)Cl.O=C(NCCC[C@@H]1NC(=O)OC1=O)OCc1ccccc1. The van der Waals surface area contributed by atoms with Crippen LogP contribution < -0.4 is 21.7 Å². The van der Waals surface area contributed by atoms with Crippen molar-refractivity contribution in [3.63, 3.8) is 0 Å². The van der Waals surface area contributed by atoms with Gasteiger partial charge in [-0.05, 0) is 60.0 Å². The molecule has 1 aliphatic heterocycles. The second kappa shape index (κ2) is 22.2. The van der Waals surface area contributed by atoms with Gasteiger partial charge >= 0.3 is 34.9 Å². The number of amides is 3. The summed E-state index contributed by atoms with van der Waals surface area (Å²) in [7, 11) is 0. The number of halogens is 2. The summed E-state index contributed by atoms with van der Waals surface area (Å²) < 4.78 is 13.5. The third-order valence-electron chi connectivity index (χ3n) is 5.41. The van der Waals surface area contributed by atoms with E-state index in [-0.39, 0.29) is 13.2 Å². The number of benzene rings is 2. The smallest absolute Gasteiger partial charge is 0.415 e. The van der Waals surface area contributed by atoms with Crippen molar-refractivity contribution in [2.45, 2.75) is 51.0 Å². The van der Waals surface area contributed by atoms with E-state index in [1.165, 1.54) is 0 Å². The van der Waals surface area contributed by atoms with Crippen LogP contribution in [0.2, 0.25) is 0 Å². The summed E-state index contributed by atoms with van der Waals surface area (Å²) in [5.41, 5.74) is 7.14. The summed E-state index contributed by atoms with van der Waals surface area (Å²) in [6.45, 7) is 1.11. The highest BCUT2D eigenvalue weighted by molar-refractivity contribution is 6.93. The number of ether oxygens (including phenoxy) is 3. The predicted octanol–water partition coefficient (Wildman–Crippen LogP) is 4.02. The number of carboxylic acids is 1. The van der Waals surface area contributed by atoms with Gasteiger partial charge in [0.2, 0.25) is 0 Å². The highest BCUT2D eigenvalue weighted by Gasteiger charge is 2.31. The molecule has 0 bridgehead atoms. The lowest BCUT2D eigenvalue weighted by atomic mass is 10.2. The molecule has 44 heavy (non-hydrogen) atoms. The Balaban J connectivity index is 0.000000394. The molecule has 240 valence electrons. The first-order chi connectivity index (χ1) is 21.0. The number of hydrogen-bond acceptors (Lipinski definition) is 10. The van der Waals surface area contributed by atoms with Gasteiger partial charge in [0.05, 0.1) is 0 Å². The number of carboxylic acid groups (broad SMARTS) is 1. The van der Waals surface area contributed by atoms with Crippen molar-refractivity contribution < 1.29 is 48.1 Å². The van der Waals surface area contributed by atoms with Crippen LogP contribution in [-0.4, -0.2) is 65.2 Å². The molecule has 0 aromatic heterocycles. The molecular weight excluding hydrogens is 623 g/mol. The number of carbonyl (C=O) groups excluding carboxylic acids is 5. The van der Waals surface area contributed by atoms with Crippen molar-refractivity contribution in [1.82, 2.24) is 16.0 Å². The number of esters is 1. The molecule has 1 fully saturated rings. The second-order valence-electron chi connectivity index (χ2n) is 8.84. The molecule has 0 spiro atoms. The molecule has 14 nitrogen and oxygen atoms in total. The van der Waals surface area contributed by atoms with E-state index < -0.39 is 47.0 Å². The zero-order valence-corrected chi connectivity index (χ0v) is 25.1. The monoisotopic (exact) mass is 656 g/mol. The van der Waals surface area contributed by atoms with Gasteiger partial charge in [-0.3, -0.25) is 9.59 Å². The van der Waals surface area contributed by atoms with E-state index in [1.807, 2.05) is 60.7 Å². The summed E-state index contributed by atoms with van der Waals surface area (Å²) >= 11 is 8.80. The van der Waals surface area contributed by atoms with E-state index in [2.05, 4.69) is 43.9 Å². The molecule has 2 aromatic rings. The van der Waals surface area contributed by atoms with Crippen LogP contribution in [0, 0.1) is 0 Å². The van der Waals surface area contributed by atoms with Crippen molar-refractivity contribution in [3.8, 4) is 0 Å². The number of aliphatic carboxylic acids is 1. The van der Waals surface area contributed by atoms with Crippen molar-refractivity contribution in [2.75, 3.05) is 13.1 Å². The third kappa shape index (κ3) is 18.9. The standard InChI is InChI=1S/C14H16N2O5.C13H18N2O4.CCl2O/c17-12-11(16-14(19)21-12)7-4-8-15-13(18)20-9-10-5-2-1-3-6-10;14-11(12(16)17)7-4-8-15-13(18)19-9-10-5-2-1-3-6-10;2-1(3)4/h1-3,5-6,11H,4,7-9H2,(H,15,18)(H,16,19);1-3,5-6,11H,4,7-9,14H2,(H,15,18)(H,16,17);/t2*11-;/m00./s1. The average molecular weight is 658 g/mol. The van der Waals surface area contributed by atoms with Crippen molar-refractivity contribution in [3.05, 3.63) is 71.8 Å². The molecule has 1 heterocycles. The Kier molecular flexibility index (Phi) is 19.0. The molecule has 0 aliphatic carbocycles. The van der Waals surface area contributed by atoms with Gasteiger partial charge in [0.1, 0.15) is 25.3 Å². The van der Waals surface area contributed by atoms with Crippen LogP contribution in [0.5, 0.6) is 0 Å². The fourth-order valence-corrected chi connectivity index (χ4v) is 3.26. The molecule has 1 saturated heterocycles. The normalized spacial score (nSPS) is 13.8. The van der Waals surface area contributed by atoms with Crippen LogP contribution in [0.1, 0.15) is 36.8 Å². The van der Waals surface area contributed by atoms with Crippen molar-refractivity contribution >= 4 is 58.1 Å². The van der Waals surface area contributed by atoms with E-state index >= 15 is 0 Å².